The third-order valence-corrected chi connectivity index (χ3v) is 2.49. The molecule has 1 rings (SSSR count). The SMILES string of the molecule is CC(C)COCCCNCC(=O)Nc1cccc(F)c1. The number of nitrogens with one attached hydrogen (secondary N) is 2. The molecule has 0 aliphatic carbocycles. The van der Waals surface area contributed by atoms with E-state index in [2.05, 4.69) is 24.5 Å². The van der Waals surface area contributed by atoms with E-state index in [1.807, 2.05) is 0 Å². The summed E-state index contributed by atoms with van der Waals surface area (Å²) in [5, 5.41) is 5.65. The first-order valence-corrected chi connectivity index (χ1v) is 6.92. The fourth-order valence-corrected chi connectivity index (χ4v) is 1.59. The van der Waals surface area contributed by atoms with Crippen LogP contribution in [0, 0.1) is 11.7 Å². The second-order valence-corrected chi connectivity index (χ2v) is 5.06. The van der Waals surface area contributed by atoms with Crippen LogP contribution in [0.15, 0.2) is 24.3 Å². The molecule has 0 aromatic heterocycles. The Labute approximate surface area is 119 Å². The second-order valence-electron chi connectivity index (χ2n) is 5.06. The monoisotopic (exact) mass is 282 g/mol. The molecule has 0 spiro atoms. The minimum atomic E-state index is -0.363. The summed E-state index contributed by atoms with van der Waals surface area (Å²) in [5.74, 6) is -0.00300. The number of ether oxygens (including phenoxy) is 1. The van der Waals surface area contributed by atoms with Crippen LogP contribution >= 0.6 is 0 Å². The summed E-state index contributed by atoms with van der Waals surface area (Å²) in [7, 11) is 0. The fourth-order valence-electron chi connectivity index (χ4n) is 1.59. The van der Waals surface area contributed by atoms with E-state index in [9.17, 15) is 9.18 Å². The van der Waals surface area contributed by atoms with Gasteiger partial charge in [-0.3, -0.25) is 4.79 Å². The number of hydrogen-bond acceptors (Lipinski definition) is 3. The number of halogens is 1. The largest absolute Gasteiger partial charge is 0.381 e. The molecule has 112 valence electrons. The van der Waals surface area contributed by atoms with Crippen molar-refractivity contribution < 1.29 is 13.9 Å². The summed E-state index contributed by atoms with van der Waals surface area (Å²) in [5.41, 5.74) is 0.470. The van der Waals surface area contributed by atoms with Gasteiger partial charge in [0, 0.05) is 18.9 Å². The van der Waals surface area contributed by atoms with Crippen LogP contribution in [0.25, 0.3) is 0 Å². The van der Waals surface area contributed by atoms with Crippen LogP contribution in [0.2, 0.25) is 0 Å². The predicted octanol–water partition coefficient (Wildman–Crippen LogP) is 2.42. The van der Waals surface area contributed by atoms with E-state index in [0.717, 1.165) is 13.0 Å². The summed E-state index contributed by atoms with van der Waals surface area (Å²) < 4.78 is 18.3. The zero-order valence-electron chi connectivity index (χ0n) is 12.1. The lowest BCUT2D eigenvalue weighted by molar-refractivity contribution is -0.115. The molecule has 0 aliphatic heterocycles. The van der Waals surface area contributed by atoms with Gasteiger partial charge in [-0.25, -0.2) is 4.39 Å². The Bertz CT molecular complexity index is 411. The fraction of sp³-hybridized carbons (Fsp3) is 0.533. The van der Waals surface area contributed by atoms with Gasteiger partial charge in [0.2, 0.25) is 5.91 Å². The maximum atomic E-state index is 12.9. The zero-order chi connectivity index (χ0) is 14.8. The molecule has 0 fully saturated rings. The van der Waals surface area contributed by atoms with Crippen molar-refractivity contribution in [3.8, 4) is 0 Å². The minimum absolute atomic E-state index is 0.182. The van der Waals surface area contributed by atoms with Crippen molar-refractivity contribution in [1.82, 2.24) is 5.32 Å². The molecule has 20 heavy (non-hydrogen) atoms. The van der Waals surface area contributed by atoms with Gasteiger partial charge in [0.05, 0.1) is 6.54 Å². The van der Waals surface area contributed by atoms with Crippen LogP contribution < -0.4 is 10.6 Å². The third-order valence-electron chi connectivity index (χ3n) is 2.49. The molecule has 2 N–H and O–H groups in total. The molecule has 1 amide bonds. The van der Waals surface area contributed by atoms with Crippen molar-refractivity contribution >= 4 is 11.6 Å². The Morgan fingerprint density at radius 1 is 1.40 bits per heavy atom. The molecule has 4 nitrogen and oxygen atoms in total. The van der Waals surface area contributed by atoms with Crippen molar-refractivity contribution in [3.05, 3.63) is 30.1 Å². The van der Waals surface area contributed by atoms with E-state index in [1.165, 1.54) is 12.1 Å². The molecule has 0 unspecified atom stereocenters. The average Bonchev–Trinajstić information content (AvgIpc) is 2.37. The number of hydrogen-bond donors (Lipinski definition) is 2. The minimum Gasteiger partial charge on any atom is -0.381 e. The molecule has 0 atom stereocenters. The lowest BCUT2D eigenvalue weighted by atomic mass is 10.2. The number of carbonyl (C=O) groups is 1. The van der Waals surface area contributed by atoms with Crippen molar-refractivity contribution in [3.63, 3.8) is 0 Å². The maximum Gasteiger partial charge on any atom is 0.238 e. The lowest BCUT2D eigenvalue weighted by Crippen LogP contribution is -2.29. The van der Waals surface area contributed by atoms with Gasteiger partial charge in [0.25, 0.3) is 0 Å². The van der Waals surface area contributed by atoms with E-state index in [1.54, 1.807) is 12.1 Å². The Hall–Kier alpha value is -1.46. The lowest BCUT2D eigenvalue weighted by Gasteiger charge is -2.08. The topological polar surface area (TPSA) is 50.4 Å². The molecule has 0 radical (unpaired) electrons. The van der Waals surface area contributed by atoms with Crippen LogP contribution in [0.4, 0.5) is 10.1 Å². The van der Waals surface area contributed by atoms with E-state index in [-0.39, 0.29) is 18.3 Å². The van der Waals surface area contributed by atoms with Crippen LogP contribution in [-0.2, 0) is 9.53 Å². The molecule has 1 aromatic rings. The Morgan fingerprint density at radius 2 is 2.20 bits per heavy atom. The van der Waals surface area contributed by atoms with E-state index in [0.29, 0.717) is 24.8 Å². The molecule has 1 aromatic carbocycles. The summed E-state index contributed by atoms with van der Waals surface area (Å²) >= 11 is 0. The summed E-state index contributed by atoms with van der Waals surface area (Å²) in [6.07, 6.45) is 0.861. The summed E-state index contributed by atoms with van der Waals surface area (Å²) in [6, 6.07) is 5.84. The average molecular weight is 282 g/mol. The zero-order valence-corrected chi connectivity index (χ0v) is 12.1. The van der Waals surface area contributed by atoms with Crippen molar-refractivity contribution in [2.45, 2.75) is 20.3 Å². The van der Waals surface area contributed by atoms with E-state index >= 15 is 0 Å². The summed E-state index contributed by atoms with van der Waals surface area (Å²) in [6.45, 7) is 6.59. The van der Waals surface area contributed by atoms with Crippen molar-refractivity contribution in [1.29, 1.82) is 0 Å². The van der Waals surface area contributed by atoms with Gasteiger partial charge >= 0.3 is 0 Å². The maximum absolute atomic E-state index is 12.9. The quantitative estimate of drug-likeness (QED) is 0.684. The predicted molar refractivity (Wildman–Crippen MR) is 78.2 cm³/mol. The van der Waals surface area contributed by atoms with Crippen LogP contribution in [-0.4, -0.2) is 32.2 Å². The number of rotatable bonds is 9. The molecular weight excluding hydrogens is 259 g/mol. The van der Waals surface area contributed by atoms with Crippen LogP contribution in [0.3, 0.4) is 0 Å². The molecule has 0 heterocycles. The van der Waals surface area contributed by atoms with Gasteiger partial charge in [-0.05, 0) is 37.1 Å². The van der Waals surface area contributed by atoms with Crippen molar-refractivity contribution in [2.24, 2.45) is 5.92 Å². The van der Waals surface area contributed by atoms with Crippen molar-refractivity contribution in [2.75, 3.05) is 31.6 Å². The van der Waals surface area contributed by atoms with Gasteiger partial charge in [0.15, 0.2) is 0 Å². The highest BCUT2D eigenvalue weighted by atomic mass is 19.1. The van der Waals surface area contributed by atoms with Gasteiger partial charge < -0.3 is 15.4 Å². The Morgan fingerprint density at radius 3 is 2.90 bits per heavy atom. The second kappa shape index (κ2) is 9.44. The summed E-state index contributed by atoms with van der Waals surface area (Å²) in [4.78, 5) is 11.6. The van der Waals surface area contributed by atoms with Crippen LogP contribution in [0.1, 0.15) is 20.3 Å². The van der Waals surface area contributed by atoms with Gasteiger partial charge in [-0.15, -0.1) is 0 Å². The van der Waals surface area contributed by atoms with Crippen LogP contribution in [0.5, 0.6) is 0 Å². The number of carbonyl (C=O) groups excluding carboxylic acids is 1. The first-order valence-electron chi connectivity index (χ1n) is 6.92. The first kappa shape index (κ1) is 16.6. The normalized spacial score (nSPS) is 10.8. The highest BCUT2D eigenvalue weighted by Gasteiger charge is 2.02. The number of benzene rings is 1. The third kappa shape index (κ3) is 7.86. The molecule has 5 heteroatoms. The van der Waals surface area contributed by atoms with Gasteiger partial charge in [-0.1, -0.05) is 19.9 Å². The molecule has 0 saturated heterocycles. The van der Waals surface area contributed by atoms with E-state index in [4.69, 9.17) is 4.74 Å². The highest BCUT2D eigenvalue weighted by Crippen LogP contribution is 2.08. The molecular formula is C15H23FN2O2. The number of amides is 1. The standard InChI is InChI=1S/C15H23FN2O2/c1-12(2)11-20-8-4-7-17-10-15(19)18-14-6-3-5-13(16)9-14/h3,5-6,9,12,17H,4,7-8,10-11H2,1-2H3,(H,18,19). The highest BCUT2D eigenvalue weighted by molar-refractivity contribution is 5.92. The Balaban J connectivity index is 2.06. The molecule has 0 bridgehead atoms. The smallest absolute Gasteiger partial charge is 0.238 e. The molecule has 0 aliphatic rings. The molecule has 0 saturated carbocycles. The number of anilines is 1. The first-order chi connectivity index (χ1) is 9.58. The Kier molecular flexibility index (Phi) is 7.84. The van der Waals surface area contributed by atoms with E-state index < -0.39 is 0 Å². The van der Waals surface area contributed by atoms with Gasteiger partial charge in [-0.2, -0.15) is 0 Å². The van der Waals surface area contributed by atoms with Gasteiger partial charge in [0.1, 0.15) is 5.82 Å².